The number of hydrogen-bond acceptors (Lipinski definition) is 5. The zero-order valence-electron chi connectivity index (χ0n) is 17.5. The largest absolute Gasteiger partial charge is 0.495 e. The number of fused-ring (bicyclic) bond motifs is 1. The van der Waals surface area contributed by atoms with Crippen molar-refractivity contribution < 1.29 is 18.3 Å². The number of methoxy groups -OCH3 is 1. The van der Waals surface area contributed by atoms with Gasteiger partial charge in [-0.25, -0.2) is 13.9 Å². The van der Waals surface area contributed by atoms with Crippen LogP contribution in [0.5, 0.6) is 5.75 Å². The third-order valence-electron chi connectivity index (χ3n) is 5.46. The first-order chi connectivity index (χ1) is 15.4. The van der Waals surface area contributed by atoms with E-state index in [9.17, 15) is 13.6 Å². The van der Waals surface area contributed by atoms with E-state index in [-0.39, 0.29) is 16.6 Å². The molecule has 1 saturated carbocycles. The summed E-state index contributed by atoms with van der Waals surface area (Å²) in [6.45, 7) is 1.99. The van der Waals surface area contributed by atoms with Crippen molar-refractivity contribution in [2.24, 2.45) is 0 Å². The fraction of sp³-hybridized carbons (Fsp3) is 0.227. The number of nitrogens with one attached hydrogen (secondary N) is 1. The normalized spacial score (nSPS) is 14.5. The number of benzene rings is 1. The minimum absolute atomic E-state index is 0.0625. The highest BCUT2D eigenvalue weighted by atomic mass is 32.2. The Morgan fingerprint density at radius 2 is 2.06 bits per heavy atom. The molecule has 1 aromatic carbocycles. The molecule has 1 atom stereocenters. The molecule has 1 amide bonds. The summed E-state index contributed by atoms with van der Waals surface area (Å²) >= 11 is -2.19. The SMILES string of the molecule is COc1cc2nc(-n3cc(-c4cc(C(=O)NC5CC5)ccc4C)cn3)cn2cc1S(=O)O. The van der Waals surface area contributed by atoms with E-state index in [0.29, 0.717) is 23.1 Å². The van der Waals surface area contributed by atoms with Crippen molar-refractivity contribution in [1.82, 2.24) is 24.5 Å². The van der Waals surface area contributed by atoms with Gasteiger partial charge in [-0.15, -0.1) is 0 Å². The Kier molecular flexibility index (Phi) is 5.03. The van der Waals surface area contributed by atoms with E-state index >= 15 is 0 Å². The second kappa shape index (κ2) is 7.88. The van der Waals surface area contributed by atoms with Gasteiger partial charge in [-0.3, -0.25) is 4.79 Å². The Labute approximate surface area is 186 Å². The molecule has 164 valence electrons. The molecule has 9 nitrogen and oxygen atoms in total. The van der Waals surface area contributed by atoms with Gasteiger partial charge in [-0.1, -0.05) is 6.07 Å². The third-order valence-corrected chi connectivity index (χ3v) is 6.14. The fourth-order valence-corrected chi connectivity index (χ4v) is 4.06. The molecule has 2 N–H and O–H groups in total. The van der Waals surface area contributed by atoms with Gasteiger partial charge in [0.05, 0.1) is 19.5 Å². The molecular formula is C22H21N5O4S. The molecule has 0 bridgehead atoms. The van der Waals surface area contributed by atoms with E-state index in [1.165, 1.54) is 13.3 Å². The summed E-state index contributed by atoms with van der Waals surface area (Å²) in [5.41, 5.74) is 3.98. The second-order valence-corrected chi connectivity index (χ2v) is 8.71. The van der Waals surface area contributed by atoms with Crippen LogP contribution in [-0.4, -0.2) is 47.0 Å². The quantitative estimate of drug-likeness (QED) is 0.436. The highest BCUT2D eigenvalue weighted by Crippen LogP contribution is 2.27. The molecular weight excluding hydrogens is 430 g/mol. The number of aromatic nitrogens is 4. The highest BCUT2D eigenvalue weighted by molar-refractivity contribution is 7.79. The molecule has 1 fully saturated rings. The lowest BCUT2D eigenvalue weighted by molar-refractivity contribution is 0.0951. The molecule has 1 unspecified atom stereocenters. The van der Waals surface area contributed by atoms with Crippen molar-refractivity contribution in [3.63, 3.8) is 0 Å². The zero-order chi connectivity index (χ0) is 22.4. The number of pyridine rings is 1. The number of carbonyl (C=O) groups is 1. The number of rotatable bonds is 6. The molecule has 1 aliphatic carbocycles. The van der Waals surface area contributed by atoms with Crippen molar-refractivity contribution in [1.29, 1.82) is 0 Å². The van der Waals surface area contributed by atoms with Gasteiger partial charge in [0.1, 0.15) is 16.3 Å². The fourth-order valence-electron chi connectivity index (χ4n) is 3.54. The Morgan fingerprint density at radius 3 is 2.78 bits per heavy atom. The number of hydrogen-bond donors (Lipinski definition) is 2. The molecule has 4 aromatic rings. The minimum Gasteiger partial charge on any atom is -0.495 e. The summed E-state index contributed by atoms with van der Waals surface area (Å²) in [5, 5.41) is 7.45. The molecule has 10 heteroatoms. The molecule has 0 radical (unpaired) electrons. The number of amides is 1. The van der Waals surface area contributed by atoms with Crippen molar-refractivity contribution in [2.45, 2.75) is 30.7 Å². The summed E-state index contributed by atoms with van der Waals surface area (Å²) in [7, 11) is 1.44. The average Bonchev–Trinajstić information content (AvgIpc) is 3.29. The van der Waals surface area contributed by atoms with Crippen molar-refractivity contribution in [3.8, 4) is 22.7 Å². The molecule has 1 aliphatic rings. The van der Waals surface area contributed by atoms with Gasteiger partial charge >= 0.3 is 0 Å². The molecule has 0 spiro atoms. The number of nitrogens with zero attached hydrogens (tertiary/aromatic N) is 4. The maximum absolute atomic E-state index is 12.4. The first-order valence-corrected chi connectivity index (χ1v) is 11.2. The van der Waals surface area contributed by atoms with Crippen LogP contribution in [0.25, 0.3) is 22.6 Å². The van der Waals surface area contributed by atoms with Crippen LogP contribution in [0.1, 0.15) is 28.8 Å². The lowest BCUT2D eigenvalue weighted by Crippen LogP contribution is -2.25. The predicted molar refractivity (Wildman–Crippen MR) is 119 cm³/mol. The van der Waals surface area contributed by atoms with Gasteiger partial charge in [-0.05, 0) is 43.0 Å². The summed E-state index contributed by atoms with van der Waals surface area (Å²) in [6.07, 6.45) is 8.87. The minimum atomic E-state index is -2.19. The maximum Gasteiger partial charge on any atom is 0.251 e. The zero-order valence-corrected chi connectivity index (χ0v) is 18.3. The smallest absolute Gasteiger partial charge is 0.251 e. The van der Waals surface area contributed by atoms with Crippen LogP contribution in [0, 0.1) is 6.92 Å². The number of ether oxygens (including phenoxy) is 1. The lowest BCUT2D eigenvalue weighted by Gasteiger charge is -2.08. The van der Waals surface area contributed by atoms with Crippen molar-refractivity contribution in [2.75, 3.05) is 7.11 Å². The van der Waals surface area contributed by atoms with E-state index < -0.39 is 11.1 Å². The molecule has 5 rings (SSSR count). The van der Waals surface area contributed by atoms with Gasteiger partial charge in [0.15, 0.2) is 16.9 Å². The van der Waals surface area contributed by atoms with Crippen LogP contribution in [0.4, 0.5) is 0 Å². The van der Waals surface area contributed by atoms with Crippen LogP contribution >= 0.6 is 0 Å². The molecule has 0 saturated heterocycles. The van der Waals surface area contributed by atoms with Crippen molar-refractivity contribution in [3.05, 3.63) is 60.2 Å². The Hall–Kier alpha value is -3.50. The second-order valence-electron chi connectivity index (χ2n) is 7.77. The molecule has 3 heterocycles. The highest BCUT2D eigenvalue weighted by Gasteiger charge is 2.24. The maximum atomic E-state index is 12.4. The van der Waals surface area contributed by atoms with Gasteiger partial charge in [0, 0.05) is 35.6 Å². The Morgan fingerprint density at radius 1 is 1.25 bits per heavy atom. The van der Waals surface area contributed by atoms with E-state index in [0.717, 1.165) is 29.5 Å². The number of imidazole rings is 1. The Balaban J connectivity index is 1.49. The van der Waals surface area contributed by atoms with E-state index in [2.05, 4.69) is 15.4 Å². The number of carbonyl (C=O) groups excluding carboxylic acids is 1. The van der Waals surface area contributed by atoms with Crippen molar-refractivity contribution >= 4 is 22.6 Å². The van der Waals surface area contributed by atoms with E-state index in [1.807, 2.05) is 31.3 Å². The summed E-state index contributed by atoms with van der Waals surface area (Å²) in [6, 6.07) is 7.55. The van der Waals surface area contributed by atoms with Crippen LogP contribution in [0.15, 0.2) is 53.9 Å². The van der Waals surface area contributed by atoms with Crippen LogP contribution in [0.3, 0.4) is 0 Å². The van der Waals surface area contributed by atoms with Gasteiger partial charge in [0.25, 0.3) is 5.91 Å². The molecule has 0 aliphatic heterocycles. The Bertz CT molecular complexity index is 1370. The van der Waals surface area contributed by atoms with Crippen LogP contribution < -0.4 is 10.1 Å². The summed E-state index contributed by atoms with van der Waals surface area (Å²) in [4.78, 5) is 17.1. The monoisotopic (exact) mass is 451 g/mol. The van der Waals surface area contributed by atoms with Gasteiger partial charge in [-0.2, -0.15) is 5.10 Å². The first-order valence-electron chi connectivity index (χ1n) is 10.1. The van der Waals surface area contributed by atoms with E-state index in [4.69, 9.17) is 4.74 Å². The molecule has 3 aromatic heterocycles. The average molecular weight is 452 g/mol. The third kappa shape index (κ3) is 3.78. The van der Waals surface area contributed by atoms with E-state index in [1.54, 1.807) is 27.5 Å². The standard InChI is InChI=1S/C22H21N5O4S/c1-13-3-4-14(22(28)24-16-5-6-16)7-17(13)15-9-23-27(10-15)21-12-26-11-19(32(29)30)18(31-2)8-20(26)25-21/h3-4,7-12,16H,5-6H2,1-2H3,(H,24,28)(H,29,30). The summed E-state index contributed by atoms with van der Waals surface area (Å²) in [5.74, 6) is 0.764. The van der Waals surface area contributed by atoms with Gasteiger partial charge < -0.3 is 19.0 Å². The van der Waals surface area contributed by atoms with Crippen LogP contribution in [-0.2, 0) is 11.1 Å². The predicted octanol–water partition coefficient (Wildman–Crippen LogP) is 2.98. The lowest BCUT2D eigenvalue weighted by atomic mass is 10.0. The topological polar surface area (TPSA) is 111 Å². The van der Waals surface area contributed by atoms with Crippen LogP contribution in [0.2, 0.25) is 0 Å². The summed E-state index contributed by atoms with van der Waals surface area (Å²) < 4.78 is 29.6. The number of aryl methyl sites for hydroxylation is 1. The molecule has 32 heavy (non-hydrogen) atoms. The van der Waals surface area contributed by atoms with Gasteiger partial charge in [0.2, 0.25) is 0 Å². The first kappa shape index (κ1) is 20.4.